The number of anilines is 2. The number of sulfonamides is 2. The van der Waals surface area contributed by atoms with Crippen LogP contribution in [0.15, 0.2) is 82.6 Å². The summed E-state index contributed by atoms with van der Waals surface area (Å²) in [6, 6.07) is 18.5. The van der Waals surface area contributed by atoms with E-state index in [4.69, 9.17) is 9.47 Å². The van der Waals surface area contributed by atoms with Crippen LogP contribution in [0.1, 0.15) is 17.3 Å². The molecule has 1 heterocycles. The number of para-hydroxylation sites is 1. The van der Waals surface area contributed by atoms with Gasteiger partial charge in [0.05, 0.1) is 41.5 Å². The molecule has 3 aromatic rings. The fourth-order valence-corrected chi connectivity index (χ4v) is 6.98. The minimum Gasteiger partial charge on any atom is -0.495 e. The minimum atomic E-state index is -3.94. The number of ether oxygens (including phenoxy) is 2. The Labute approximate surface area is 222 Å². The van der Waals surface area contributed by atoms with Crippen molar-refractivity contribution < 1.29 is 31.1 Å². The van der Waals surface area contributed by atoms with Crippen molar-refractivity contribution in [3.05, 3.63) is 78.4 Å². The first-order valence-electron chi connectivity index (χ1n) is 11.9. The molecule has 1 amide bonds. The lowest BCUT2D eigenvalue weighted by Gasteiger charge is -2.26. The highest BCUT2D eigenvalue weighted by Gasteiger charge is 2.27. The van der Waals surface area contributed by atoms with E-state index >= 15 is 0 Å². The van der Waals surface area contributed by atoms with Crippen molar-refractivity contribution in [2.75, 3.05) is 49.6 Å². The molecular formula is C26H29N3O7S2. The van der Waals surface area contributed by atoms with Crippen molar-refractivity contribution >= 4 is 37.3 Å². The highest BCUT2D eigenvalue weighted by atomic mass is 32.2. The van der Waals surface area contributed by atoms with Crippen molar-refractivity contribution in [1.29, 1.82) is 0 Å². The van der Waals surface area contributed by atoms with Gasteiger partial charge in [-0.25, -0.2) is 16.8 Å². The largest absolute Gasteiger partial charge is 0.495 e. The smallest absolute Gasteiger partial charge is 0.264 e. The van der Waals surface area contributed by atoms with E-state index in [-0.39, 0.29) is 46.4 Å². The van der Waals surface area contributed by atoms with Gasteiger partial charge in [-0.1, -0.05) is 18.2 Å². The number of hydrogen-bond acceptors (Lipinski definition) is 7. The van der Waals surface area contributed by atoms with E-state index < -0.39 is 26.0 Å². The Morgan fingerprint density at radius 1 is 0.947 bits per heavy atom. The van der Waals surface area contributed by atoms with Crippen molar-refractivity contribution in [2.45, 2.75) is 16.7 Å². The van der Waals surface area contributed by atoms with Crippen LogP contribution in [0.4, 0.5) is 11.4 Å². The zero-order chi connectivity index (χ0) is 27.3. The third-order valence-electron chi connectivity index (χ3n) is 6.06. The molecule has 12 heteroatoms. The quantitative estimate of drug-likeness (QED) is 0.427. The molecular weight excluding hydrogens is 530 g/mol. The topological polar surface area (TPSA) is 122 Å². The molecule has 1 N–H and O–H groups in total. The summed E-state index contributed by atoms with van der Waals surface area (Å²) in [5.41, 5.74) is 0.872. The molecule has 3 aromatic carbocycles. The summed E-state index contributed by atoms with van der Waals surface area (Å²) < 4.78 is 65.7. The van der Waals surface area contributed by atoms with Gasteiger partial charge < -0.3 is 14.8 Å². The number of methoxy groups -OCH3 is 1. The average Bonchev–Trinajstić information content (AvgIpc) is 2.94. The zero-order valence-electron chi connectivity index (χ0n) is 21.0. The van der Waals surface area contributed by atoms with Crippen LogP contribution < -0.4 is 14.4 Å². The van der Waals surface area contributed by atoms with Gasteiger partial charge in [-0.3, -0.25) is 9.10 Å². The molecule has 38 heavy (non-hydrogen) atoms. The van der Waals surface area contributed by atoms with Crippen LogP contribution >= 0.6 is 0 Å². The molecule has 0 aromatic heterocycles. The second-order valence-electron chi connectivity index (χ2n) is 8.36. The molecule has 0 atom stereocenters. The van der Waals surface area contributed by atoms with Crippen LogP contribution in [0.25, 0.3) is 0 Å². The molecule has 4 rings (SSSR count). The van der Waals surface area contributed by atoms with Crippen molar-refractivity contribution in [1.82, 2.24) is 4.31 Å². The number of amides is 1. The van der Waals surface area contributed by atoms with Gasteiger partial charge in [0.1, 0.15) is 5.75 Å². The normalized spacial score (nSPS) is 14.6. The van der Waals surface area contributed by atoms with Crippen LogP contribution in [-0.2, 0) is 24.8 Å². The standard InChI is InChI=1S/C26H29N3O7S2/c1-3-29(21-7-5-4-6-8-21)38(33,34)23-13-14-25(35-2)24(19-23)27-26(30)20-9-11-22(12-10-20)37(31,32)28-15-17-36-18-16-28/h4-14,19H,3,15-18H2,1-2H3,(H,27,30). The van der Waals surface area contributed by atoms with E-state index in [1.54, 1.807) is 37.3 Å². The molecule has 1 fully saturated rings. The number of morpholine rings is 1. The van der Waals surface area contributed by atoms with Gasteiger partial charge in [-0.15, -0.1) is 0 Å². The summed E-state index contributed by atoms with van der Waals surface area (Å²) in [6.07, 6.45) is 0. The van der Waals surface area contributed by atoms with E-state index in [2.05, 4.69) is 5.32 Å². The third kappa shape index (κ3) is 5.68. The Hall–Kier alpha value is -3.45. The molecule has 202 valence electrons. The summed E-state index contributed by atoms with van der Waals surface area (Å²) in [5.74, 6) is -0.282. The van der Waals surface area contributed by atoms with Gasteiger partial charge in [0, 0.05) is 25.2 Å². The maximum atomic E-state index is 13.4. The van der Waals surface area contributed by atoms with Gasteiger partial charge in [-0.05, 0) is 61.5 Å². The van der Waals surface area contributed by atoms with E-state index in [0.717, 1.165) is 0 Å². The second kappa shape index (κ2) is 11.5. The Morgan fingerprint density at radius 2 is 1.58 bits per heavy atom. The predicted octanol–water partition coefficient (Wildman–Crippen LogP) is 3.18. The number of rotatable bonds is 9. The minimum absolute atomic E-state index is 0.0220. The van der Waals surface area contributed by atoms with E-state index in [1.807, 2.05) is 0 Å². The van der Waals surface area contributed by atoms with E-state index in [1.165, 1.54) is 58.2 Å². The van der Waals surface area contributed by atoms with Gasteiger partial charge in [0.15, 0.2) is 0 Å². The van der Waals surface area contributed by atoms with Crippen LogP contribution in [-0.4, -0.2) is 67.0 Å². The van der Waals surface area contributed by atoms with Crippen molar-refractivity contribution in [2.24, 2.45) is 0 Å². The number of carbonyl (C=O) groups excluding carboxylic acids is 1. The summed E-state index contributed by atoms with van der Waals surface area (Å²) in [7, 11) is -6.23. The Kier molecular flexibility index (Phi) is 8.36. The number of hydrogen-bond donors (Lipinski definition) is 1. The number of nitrogens with one attached hydrogen (secondary N) is 1. The molecule has 0 radical (unpaired) electrons. The highest BCUT2D eigenvalue weighted by Crippen LogP contribution is 2.31. The lowest BCUT2D eigenvalue weighted by atomic mass is 10.2. The highest BCUT2D eigenvalue weighted by molar-refractivity contribution is 7.92. The summed E-state index contributed by atoms with van der Waals surface area (Å²) in [4.78, 5) is 13.1. The summed E-state index contributed by atoms with van der Waals surface area (Å²) in [5, 5.41) is 2.69. The maximum absolute atomic E-state index is 13.4. The maximum Gasteiger partial charge on any atom is 0.264 e. The van der Waals surface area contributed by atoms with E-state index in [0.29, 0.717) is 18.9 Å². The van der Waals surface area contributed by atoms with Gasteiger partial charge in [-0.2, -0.15) is 4.31 Å². The van der Waals surface area contributed by atoms with Crippen LogP contribution in [0, 0.1) is 0 Å². The first-order chi connectivity index (χ1) is 18.2. The molecule has 0 saturated carbocycles. The van der Waals surface area contributed by atoms with Gasteiger partial charge in [0.25, 0.3) is 15.9 Å². The van der Waals surface area contributed by atoms with Crippen LogP contribution in [0.2, 0.25) is 0 Å². The van der Waals surface area contributed by atoms with Crippen molar-refractivity contribution in [3.8, 4) is 5.75 Å². The fraction of sp³-hybridized carbons (Fsp3) is 0.269. The average molecular weight is 560 g/mol. The summed E-state index contributed by atoms with van der Waals surface area (Å²) >= 11 is 0. The second-order valence-corrected chi connectivity index (χ2v) is 12.2. The first-order valence-corrected chi connectivity index (χ1v) is 14.8. The number of benzene rings is 3. The monoisotopic (exact) mass is 559 g/mol. The van der Waals surface area contributed by atoms with E-state index in [9.17, 15) is 21.6 Å². The number of carbonyl (C=O) groups is 1. The number of nitrogens with zero attached hydrogens (tertiary/aromatic N) is 2. The fourth-order valence-electron chi connectivity index (χ4n) is 4.07. The third-order valence-corrected chi connectivity index (χ3v) is 9.87. The molecule has 1 aliphatic heterocycles. The molecule has 0 aliphatic carbocycles. The molecule has 1 saturated heterocycles. The van der Waals surface area contributed by atoms with Crippen LogP contribution in [0.3, 0.4) is 0 Å². The molecule has 0 bridgehead atoms. The SMILES string of the molecule is CCN(c1ccccc1)S(=O)(=O)c1ccc(OC)c(NC(=O)c2ccc(S(=O)(=O)N3CCOCC3)cc2)c1. The van der Waals surface area contributed by atoms with Gasteiger partial charge in [0.2, 0.25) is 10.0 Å². The zero-order valence-corrected chi connectivity index (χ0v) is 22.7. The summed E-state index contributed by atoms with van der Waals surface area (Å²) in [6.45, 7) is 3.14. The lowest BCUT2D eigenvalue weighted by molar-refractivity contribution is 0.0730. The molecule has 1 aliphatic rings. The Balaban J connectivity index is 1.58. The molecule has 10 nitrogen and oxygen atoms in total. The molecule has 0 unspecified atom stereocenters. The lowest BCUT2D eigenvalue weighted by Crippen LogP contribution is -2.40. The van der Waals surface area contributed by atoms with Gasteiger partial charge >= 0.3 is 0 Å². The Morgan fingerprint density at radius 3 is 2.18 bits per heavy atom. The molecule has 0 spiro atoms. The van der Waals surface area contributed by atoms with Crippen molar-refractivity contribution in [3.63, 3.8) is 0 Å². The first kappa shape index (κ1) is 27.6. The predicted molar refractivity (Wildman–Crippen MR) is 144 cm³/mol. The Bertz CT molecular complexity index is 1490. The van der Waals surface area contributed by atoms with Crippen LogP contribution in [0.5, 0.6) is 5.75 Å².